The van der Waals surface area contributed by atoms with E-state index in [0.717, 1.165) is 45.5 Å². The van der Waals surface area contributed by atoms with E-state index in [9.17, 15) is 0 Å². The lowest BCUT2D eigenvalue weighted by Crippen LogP contribution is -2.63. The molecule has 0 unspecified atom stereocenters. The van der Waals surface area contributed by atoms with Crippen LogP contribution in [0.3, 0.4) is 0 Å². The summed E-state index contributed by atoms with van der Waals surface area (Å²) < 4.78 is 7.08. The Morgan fingerprint density at radius 1 is 0.391 bits per heavy atom. The maximum atomic E-state index is 7.08. The third-order valence-electron chi connectivity index (χ3n) is 14.4. The zero-order chi connectivity index (χ0) is 45.7. The molecule has 10 aromatic rings. The van der Waals surface area contributed by atoms with Gasteiger partial charge in [-0.05, 0) is 131 Å². The largest absolute Gasteiger partial charge is 0.458 e. The van der Waals surface area contributed by atoms with Crippen LogP contribution in [-0.2, 0) is 0 Å². The lowest BCUT2D eigenvalue weighted by molar-refractivity contribution is 0.487. The standard InChI is InChI=1S/C62H42B2N2OS2/c1-39-29-31-41(32-30-39)47-23-11-14-26-52(47)66-53-38-58-51(37-50(53)63-48-24-12-15-27-55(48)67-56-34-42(33-54(66)61(56)63)46-22-10-9-17-40(46)2)64-49-25-13-16-28-57(49)68-59-35-45(36-60(69-58)62(59)64)65(43-18-5-3-6-19-43)44-20-7-4-8-21-44/h3-38H,1-2H3. The van der Waals surface area contributed by atoms with Crippen molar-refractivity contribution in [2.75, 3.05) is 9.80 Å². The monoisotopic (exact) mass is 916 g/mol. The van der Waals surface area contributed by atoms with Gasteiger partial charge in [0.05, 0.1) is 5.69 Å². The number of nitrogens with zero attached hydrogens (tertiary/aromatic N) is 2. The Hall–Kier alpha value is -7.57. The predicted molar refractivity (Wildman–Crippen MR) is 293 cm³/mol. The maximum Gasteiger partial charge on any atom is 0.256 e. The average Bonchev–Trinajstić information content (AvgIpc) is 3.39. The van der Waals surface area contributed by atoms with Gasteiger partial charge in [-0.3, -0.25) is 0 Å². The van der Waals surface area contributed by atoms with E-state index >= 15 is 0 Å². The van der Waals surface area contributed by atoms with Crippen molar-refractivity contribution in [1.29, 1.82) is 0 Å². The van der Waals surface area contributed by atoms with Gasteiger partial charge in [-0.2, -0.15) is 0 Å². The molecule has 0 saturated carbocycles. The highest BCUT2D eigenvalue weighted by atomic mass is 32.2. The molecule has 0 saturated heterocycles. The first-order valence-electron chi connectivity index (χ1n) is 23.7. The second kappa shape index (κ2) is 16.0. The highest BCUT2D eigenvalue weighted by Gasteiger charge is 2.46. The minimum Gasteiger partial charge on any atom is -0.458 e. The molecule has 0 amide bonds. The van der Waals surface area contributed by atoms with Crippen molar-refractivity contribution >= 4 is 104 Å². The normalized spacial score (nSPS) is 13.3. The molecule has 0 N–H and O–H groups in total. The van der Waals surface area contributed by atoms with Crippen molar-refractivity contribution in [3.8, 4) is 33.8 Å². The first-order chi connectivity index (χ1) is 34.0. The lowest BCUT2D eigenvalue weighted by Gasteiger charge is -2.42. The molecule has 0 radical (unpaired) electrons. The summed E-state index contributed by atoms with van der Waals surface area (Å²) in [6.45, 7) is 4.36. The number of rotatable bonds is 6. The second-order valence-electron chi connectivity index (χ2n) is 18.5. The summed E-state index contributed by atoms with van der Waals surface area (Å²) in [6, 6.07) is 80.7. The van der Waals surface area contributed by atoms with Crippen molar-refractivity contribution in [1.82, 2.24) is 0 Å². The molecule has 4 aliphatic heterocycles. The second-order valence-corrected chi connectivity index (χ2v) is 20.7. The van der Waals surface area contributed by atoms with Crippen molar-refractivity contribution < 1.29 is 4.74 Å². The Morgan fingerprint density at radius 2 is 1.01 bits per heavy atom. The fourth-order valence-corrected chi connectivity index (χ4v) is 13.8. The highest BCUT2D eigenvalue weighted by Crippen LogP contribution is 2.49. The van der Waals surface area contributed by atoms with Crippen LogP contribution in [0.2, 0.25) is 0 Å². The van der Waals surface area contributed by atoms with Crippen LogP contribution in [0.25, 0.3) is 22.3 Å². The van der Waals surface area contributed by atoms with Crippen LogP contribution in [0.4, 0.5) is 34.1 Å². The zero-order valence-corrected chi connectivity index (χ0v) is 39.7. The number of para-hydroxylation sites is 4. The van der Waals surface area contributed by atoms with Crippen LogP contribution in [-0.4, -0.2) is 13.4 Å². The van der Waals surface area contributed by atoms with Gasteiger partial charge in [0.2, 0.25) is 6.71 Å². The molecule has 0 atom stereocenters. The summed E-state index contributed by atoms with van der Waals surface area (Å²) in [7, 11) is 0. The molecule has 324 valence electrons. The number of hydrogen-bond acceptors (Lipinski definition) is 5. The van der Waals surface area contributed by atoms with E-state index in [4.69, 9.17) is 4.74 Å². The van der Waals surface area contributed by atoms with E-state index in [1.165, 1.54) is 85.9 Å². The van der Waals surface area contributed by atoms with Crippen LogP contribution < -0.4 is 47.3 Å². The molecule has 4 aliphatic rings. The molecule has 69 heavy (non-hydrogen) atoms. The Bertz CT molecular complexity index is 3670. The summed E-state index contributed by atoms with van der Waals surface area (Å²) in [4.78, 5) is 10.2. The zero-order valence-electron chi connectivity index (χ0n) is 38.1. The fraction of sp³-hybridized carbons (Fsp3) is 0.0323. The molecule has 0 fully saturated rings. The number of benzene rings is 10. The molecule has 0 spiro atoms. The summed E-state index contributed by atoms with van der Waals surface area (Å²) in [6.07, 6.45) is 0. The number of aryl methyl sites for hydroxylation is 2. The topological polar surface area (TPSA) is 15.7 Å². The lowest BCUT2D eigenvalue weighted by atomic mass is 9.32. The van der Waals surface area contributed by atoms with Crippen molar-refractivity contribution in [3.63, 3.8) is 0 Å². The van der Waals surface area contributed by atoms with Gasteiger partial charge in [-0.15, -0.1) is 0 Å². The van der Waals surface area contributed by atoms with Gasteiger partial charge in [-0.25, -0.2) is 0 Å². The Labute approximate surface area is 412 Å². The number of ether oxygens (including phenoxy) is 1. The number of anilines is 6. The van der Waals surface area contributed by atoms with E-state index in [1.54, 1.807) is 0 Å². The molecule has 0 aliphatic carbocycles. The Balaban J connectivity index is 1.05. The van der Waals surface area contributed by atoms with E-state index in [0.29, 0.717) is 0 Å². The van der Waals surface area contributed by atoms with E-state index in [1.807, 2.05) is 23.5 Å². The first-order valence-corrected chi connectivity index (χ1v) is 25.3. The van der Waals surface area contributed by atoms with Crippen LogP contribution in [0.5, 0.6) is 11.5 Å². The molecule has 0 aromatic heterocycles. The van der Waals surface area contributed by atoms with Crippen LogP contribution in [0, 0.1) is 13.8 Å². The van der Waals surface area contributed by atoms with Gasteiger partial charge in [0, 0.05) is 53.6 Å². The van der Waals surface area contributed by atoms with Gasteiger partial charge < -0.3 is 14.5 Å². The van der Waals surface area contributed by atoms with Crippen LogP contribution in [0.1, 0.15) is 11.1 Å². The predicted octanol–water partition coefficient (Wildman–Crippen LogP) is 13.0. The molecular formula is C62H42B2N2OS2. The average molecular weight is 917 g/mol. The third-order valence-corrected chi connectivity index (χ3v) is 16.7. The molecular weight excluding hydrogens is 874 g/mol. The Morgan fingerprint density at radius 3 is 1.77 bits per heavy atom. The SMILES string of the molecule is Cc1ccc(-c2ccccc2N2c3cc4c(cc3B3c5ccccc5Oc5cc(-c6ccccc6C)cc2c53)B2c3ccccc3Sc3cc(N(c5ccccc5)c5ccccc5)cc(c32)S4)cc1. The number of fused-ring (bicyclic) bond motifs is 8. The molecule has 14 rings (SSSR count). The third kappa shape index (κ3) is 6.48. The molecule has 4 heterocycles. The molecule has 0 bridgehead atoms. The fourth-order valence-electron chi connectivity index (χ4n) is 11.3. The quantitative estimate of drug-likeness (QED) is 0.154. The molecule has 7 heteroatoms. The maximum absolute atomic E-state index is 7.08. The van der Waals surface area contributed by atoms with E-state index < -0.39 is 0 Å². The van der Waals surface area contributed by atoms with Crippen molar-refractivity contribution in [2.45, 2.75) is 33.4 Å². The van der Waals surface area contributed by atoms with Gasteiger partial charge in [-0.1, -0.05) is 186 Å². The minimum absolute atomic E-state index is 0.0534. The molecule has 3 nitrogen and oxygen atoms in total. The Kier molecular flexibility index (Phi) is 9.40. The van der Waals surface area contributed by atoms with Crippen LogP contribution >= 0.6 is 23.5 Å². The van der Waals surface area contributed by atoms with Crippen molar-refractivity contribution in [3.05, 3.63) is 230 Å². The van der Waals surface area contributed by atoms with Gasteiger partial charge >= 0.3 is 0 Å². The summed E-state index contributed by atoms with van der Waals surface area (Å²) in [5, 5.41) is 0. The van der Waals surface area contributed by atoms with Gasteiger partial charge in [0.1, 0.15) is 11.5 Å². The number of hydrogen-bond donors (Lipinski definition) is 0. The summed E-state index contributed by atoms with van der Waals surface area (Å²) >= 11 is 3.83. The van der Waals surface area contributed by atoms with Gasteiger partial charge in [0.15, 0.2) is 0 Å². The van der Waals surface area contributed by atoms with E-state index in [2.05, 4.69) is 242 Å². The first kappa shape index (κ1) is 40.5. The smallest absolute Gasteiger partial charge is 0.256 e. The van der Waals surface area contributed by atoms with Crippen LogP contribution in [0.15, 0.2) is 238 Å². The van der Waals surface area contributed by atoms with Crippen molar-refractivity contribution in [2.24, 2.45) is 0 Å². The molecule has 10 aromatic carbocycles. The summed E-state index contributed by atoms with van der Waals surface area (Å²) in [5.74, 6) is 1.82. The highest BCUT2D eigenvalue weighted by molar-refractivity contribution is 8.01. The van der Waals surface area contributed by atoms with Gasteiger partial charge in [0.25, 0.3) is 6.71 Å². The van der Waals surface area contributed by atoms with E-state index in [-0.39, 0.29) is 13.4 Å². The summed E-state index contributed by atoms with van der Waals surface area (Å²) in [5.41, 5.74) is 21.9. The minimum atomic E-state index is -0.0549.